The highest BCUT2D eigenvalue weighted by atomic mass is 15.5. The normalized spacial score (nSPS) is 29.0. The average molecular weight is 180 g/mol. The molecule has 1 aromatic heterocycles. The Hall–Kier alpha value is -1.06. The summed E-state index contributed by atoms with van der Waals surface area (Å²) in [5, 5.41) is 8.34. The number of nitrogen functional groups attached to an aromatic ring is 1. The molecule has 1 saturated carbocycles. The molecular weight excluding hydrogens is 164 g/mol. The Morgan fingerprint density at radius 2 is 2.23 bits per heavy atom. The zero-order valence-corrected chi connectivity index (χ0v) is 7.98. The van der Waals surface area contributed by atoms with Crippen molar-refractivity contribution in [2.45, 2.75) is 38.6 Å². The van der Waals surface area contributed by atoms with Crippen molar-refractivity contribution in [3.8, 4) is 0 Å². The van der Waals surface area contributed by atoms with E-state index in [0.29, 0.717) is 17.8 Å². The maximum absolute atomic E-state index is 5.54. The summed E-state index contributed by atoms with van der Waals surface area (Å²) >= 11 is 0. The van der Waals surface area contributed by atoms with Gasteiger partial charge in [0.15, 0.2) is 5.82 Å². The fourth-order valence-corrected chi connectivity index (χ4v) is 2.09. The van der Waals surface area contributed by atoms with Gasteiger partial charge in [0.05, 0.1) is 12.2 Å². The van der Waals surface area contributed by atoms with Crippen molar-refractivity contribution >= 4 is 5.82 Å². The van der Waals surface area contributed by atoms with Crippen molar-refractivity contribution in [1.29, 1.82) is 0 Å². The van der Waals surface area contributed by atoms with Crippen molar-refractivity contribution in [3.05, 3.63) is 6.20 Å². The second-order valence-electron chi connectivity index (χ2n) is 3.92. The Morgan fingerprint density at radius 1 is 1.46 bits per heavy atom. The summed E-state index contributed by atoms with van der Waals surface area (Å²) in [5.74, 6) is 1.21. The lowest BCUT2D eigenvalue weighted by Gasteiger charge is -2.27. The van der Waals surface area contributed by atoms with Gasteiger partial charge < -0.3 is 5.73 Å². The number of nitrogens with zero attached hydrogens (tertiary/aromatic N) is 3. The lowest BCUT2D eigenvalue weighted by molar-refractivity contribution is 0.220. The minimum atomic E-state index is 0.464. The van der Waals surface area contributed by atoms with E-state index in [1.165, 1.54) is 25.7 Å². The van der Waals surface area contributed by atoms with E-state index in [0.717, 1.165) is 0 Å². The van der Waals surface area contributed by atoms with Crippen LogP contribution >= 0.6 is 0 Å². The molecule has 0 saturated heterocycles. The topological polar surface area (TPSA) is 56.7 Å². The van der Waals surface area contributed by atoms with Gasteiger partial charge in [-0.25, -0.2) is 0 Å². The molecule has 13 heavy (non-hydrogen) atoms. The van der Waals surface area contributed by atoms with Gasteiger partial charge in [-0.1, -0.05) is 19.8 Å². The van der Waals surface area contributed by atoms with E-state index >= 15 is 0 Å². The van der Waals surface area contributed by atoms with Crippen LogP contribution in [0.15, 0.2) is 6.20 Å². The van der Waals surface area contributed by atoms with Gasteiger partial charge in [0.25, 0.3) is 0 Å². The van der Waals surface area contributed by atoms with E-state index in [1.54, 1.807) is 11.0 Å². The molecule has 1 aromatic rings. The Labute approximate surface area is 78.1 Å². The Morgan fingerprint density at radius 3 is 2.85 bits per heavy atom. The van der Waals surface area contributed by atoms with Gasteiger partial charge in [-0.3, -0.25) is 0 Å². The third-order valence-corrected chi connectivity index (χ3v) is 2.89. The number of anilines is 1. The number of rotatable bonds is 1. The Kier molecular flexibility index (Phi) is 2.20. The molecule has 0 bridgehead atoms. The molecular formula is C9H16N4. The highest BCUT2D eigenvalue weighted by Gasteiger charge is 2.24. The molecule has 2 unspecified atom stereocenters. The Balaban J connectivity index is 2.14. The lowest BCUT2D eigenvalue weighted by Crippen LogP contribution is -2.23. The third kappa shape index (κ3) is 1.66. The molecule has 4 heteroatoms. The minimum Gasteiger partial charge on any atom is -0.381 e. The van der Waals surface area contributed by atoms with Crippen LogP contribution in [0, 0.1) is 5.92 Å². The van der Waals surface area contributed by atoms with Crippen LogP contribution in [0.3, 0.4) is 0 Å². The molecule has 4 nitrogen and oxygen atoms in total. The lowest BCUT2D eigenvalue weighted by atomic mass is 9.86. The van der Waals surface area contributed by atoms with Crippen molar-refractivity contribution < 1.29 is 0 Å². The second kappa shape index (κ2) is 3.36. The standard InChI is InChI=1S/C9H16N4/c1-7-4-2-3-5-8(7)13-11-6-9(10)12-13/h6-8H,2-5H2,1H3,(H2,10,12). The summed E-state index contributed by atoms with van der Waals surface area (Å²) in [6.07, 6.45) is 6.73. The van der Waals surface area contributed by atoms with Crippen molar-refractivity contribution in [2.24, 2.45) is 5.92 Å². The van der Waals surface area contributed by atoms with E-state index in [9.17, 15) is 0 Å². The first-order valence-electron chi connectivity index (χ1n) is 4.94. The summed E-state index contributed by atoms with van der Waals surface area (Å²) in [6, 6.07) is 0.464. The predicted molar refractivity (Wildman–Crippen MR) is 51.1 cm³/mol. The quantitative estimate of drug-likeness (QED) is 0.714. The molecule has 1 aliphatic carbocycles. The molecule has 0 radical (unpaired) electrons. The summed E-state index contributed by atoms with van der Waals surface area (Å²) in [6.45, 7) is 2.27. The first-order chi connectivity index (χ1) is 6.27. The molecule has 2 N–H and O–H groups in total. The molecule has 0 amide bonds. The van der Waals surface area contributed by atoms with Crippen LogP contribution < -0.4 is 5.73 Å². The van der Waals surface area contributed by atoms with Crippen molar-refractivity contribution in [3.63, 3.8) is 0 Å². The third-order valence-electron chi connectivity index (χ3n) is 2.89. The molecule has 0 spiro atoms. The van der Waals surface area contributed by atoms with Gasteiger partial charge in [0.1, 0.15) is 0 Å². The molecule has 72 valence electrons. The van der Waals surface area contributed by atoms with Gasteiger partial charge in [-0.05, 0) is 18.8 Å². The monoisotopic (exact) mass is 180 g/mol. The van der Waals surface area contributed by atoms with E-state index in [4.69, 9.17) is 5.73 Å². The van der Waals surface area contributed by atoms with Crippen LogP contribution in [-0.4, -0.2) is 15.0 Å². The SMILES string of the molecule is CC1CCCCC1n1ncc(N)n1. The van der Waals surface area contributed by atoms with Crippen LogP contribution in [0.4, 0.5) is 5.82 Å². The Bertz CT molecular complexity index is 281. The van der Waals surface area contributed by atoms with E-state index < -0.39 is 0 Å². The molecule has 0 aromatic carbocycles. The van der Waals surface area contributed by atoms with Crippen LogP contribution in [0.5, 0.6) is 0 Å². The molecule has 0 aliphatic heterocycles. The number of hydrogen-bond acceptors (Lipinski definition) is 3. The van der Waals surface area contributed by atoms with E-state index in [1.807, 2.05) is 0 Å². The largest absolute Gasteiger partial charge is 0.381 e. The number of hydrogen-bond donors (Lipinski definition) is 1. The average Bonchev–Trinajstić information content (AvgIpc) is 2.53. The van der Waals surface area contributed by atoms with E-state index in [2.05, 4.69) is 17.1 Å². The second-order valence-corrected chi connectivity index (χ2v) is 3.92. The summed E-state index contributed by atoms with van der Waals surface area (Å²) in [4.78, 5) is 1.79. The number of nitrogens with two attached hydrogens (primary N) is 1. The minimum absolute atomic E-state index is 0.464. The highest BCUT2D eigenvalue weighted by Crippen LogP contribution is 2.32. The molecule has 2 rings (SSSR count). The summed E-state index contributed by atoms with van der Waals surface area (Å²) in [5.41, 5.74) is 5.54. The van der Waals surface area contributed by atoms with Crippen LogP contribution in [0.2, 0.25) is 0 Å². The van der Waals surface area contributed by atoms with E-state index in [-0.39, 0.29) is 0 Å². The van der Waals surface area contributed by atoms with Gasteiger partial charge >= 0.3 is 0 Å². The molecule has 2 atom stereocenters. The van der Waals surface area contributed by atoms with Gasteiger partial charge in [-0.15, -0.1) is 5.10 Å². The van der Waals surface area contributed by atoms with Gasteiger partial charge in [0.2, 0.25) is 0 Å². The summed E-state index contributed by atoms with van der Waals surface area (Å²) < 4.78 is 0. The maximum atomic E-state index is 5.54. The maximum Gasteiger partial charge on any atom is 0.165 e. The fraction of sp³-hybridized carbons (Fsp3) is 0.778. The fourth-order valence-electron chi connectivity index (χ4n) is 2.09. The van der Waals surface area contributed by atoms with Crippen LogP contribution in [0.25, 0.3) is 0 Å². The predicted octanol–water partition coefficient (Wildman–Crippen LogP) is 1.61. The van der Waals surface area contributed by atoms with Crippen LogP contribution in [-0.2, 0) is 0 Å². The first kappa shape index (κ1) is 8.53. The van der Waals surface area contributed by atoms with Crippen molar-refractivity contribution in [2.75, 3.05) is 5.73 Å². The van der Waals surface area contributed by atoms with Crippen LogP contribution in [0.1, 0.15) is 38.6 Å². The summed E-state index contributed by atoms with van der Waals surface area (Å²) in [7, 11) is 0. The number of aromatic nitrogens is 3. The smallest absolute Gasteiger partial charge is 0.165 e. The zero-order chi connectivity index (χ0) is 9.26. The molecule has 1 heterocycles. The van der Waals surface area contributed by atoms with Crippen molar-refractivity contribution in [1.82, 2.24) is 15.0 Å². The highest BCUT2D eigenvalue weighted by molar-refractivity contribution is 5.19. The first-order valence-corrected chi connectivity index (χ1v) is 4.94. The molecule has 1 aliphatic rings. The van der Waals surface area contributed by atoms with Gasteiger partial charge in [-0.2, -0.15) is 9.90 Å². The zero-order valence-electron chi connectivity index (χ0n) is 7.98. The van der Waals surface area contributed by atoms with Gasteiger partial charge in [0, 0.05) is 0 Å². The molecule has 1 fully saturated rings.